The topological polar surface area (TPSA) is 58.6 Å². The first-order chi connectivity index (χ1) is 13.6. The lowest BCUT2D eigenvalue weighted by Crippen LogP contribution is -2.48. The van der Waals surface area contributed by atoms with Gasteiger partial charge in [0.1, 0.15) is 6.04 Å². The molecule has 1 aliphatic heterocycles. The number of aryl methyl sites for hydroxylation is 1. The molecule has 2 aliphatic rings. The van der Waals surface area contributed by atoms with Crippen LogP contribution in [0.1, 0.15) is 69.0 Å². The summed E-state index contributed by atoms with van der Waals surface area (Å²) >= 11 is 0. The molecule has 1 saturated heterocycles. The minimum absolute atomic E-state index is 0.0451. The van der Waals surface area contributed by atoms with E-state index < -0.39 is 0 Å². The molecule has 3 rings (SSSR count). The van der Waals surface area contributed by atoms with Crippen LogP contribution in [0.3, 0.4) is 0 Å². The SMILES string of the molecule is CCOC(=O)C1CCN(C(C(=O)NC2CCCCC2)c2ccc(C)cc2)CC1. The van der Waals surface area contributed by atoms with E-state index in [9.17, 15) is 9.59 Å². The Morgan fingerprint density at radius 2 is 1.71 bits per heavy atom. The van der Waals surface area contributed by atoms with Gasteiger partial charge in [0.2, 0.25) is 5.91 Å². The average molecular weight is 387 g/mol. The van der Waals surface area contributed by atoms with Crippen LogP contribution in [0.4, 0.5) is 0 Å². The molecule has 0 radical (unpaired) electrons. The third-order valence-electron chi connectivity index (χ3n) is 6.11. The molecular formula is C23H34N2O3. The highest BCUT2D eigenvalue weighted by Crippen LogP contribution is 2.29. The minimum atomic E-state index is -0.286. The number of ether oxygens (including phenoxy) is 1. The van der Waals surface area contributed by atoms with Crippen LogP contribution < -0.4 is 5.32 Å². The van der Waals surface area contributed by atoms with Crippen molar-refractivity contribution in [1.29, 1.82) is 0 Å². The molecule has 2 fully saturated rings. The van der Waals surface area contributed by atoms with E-state index >= 15 is 0 Å². The molecule has 154 valence electrons. The van der Waals surface area contributed by atoms with Gasteiger partial charge < -0.3 is 10.1 Å². The molecule has 0 bridgehead atoms. The molecule has 1 unspecified atom stereocenters. The van der Waals surface area contributed by atoms with Crippen molar-refractivity contribution < 1.29 is 14.3 Å². The van der Waals surface area contributed by atoms with E-state index in [1.54, 1.807) is 0 Å². The van der Waals surface area contributed by atoms with Gasteiger partial charge in [-0.25, -0.2) is 0 Å². The van der Waals surface area contributed by atoms with Crippen LogP contribution in [0.5, 0.6) is 0 Å². The first kappa shape index (κ1) is 20.8. The van der Waals surface area contributed by atoms with Gasteiger partial charge >= 0.3 is 5.97 Å². The Hall–Kier alpha value is -1.88. The van der Waals surface area contributed by atoms with E-state index in [0.717, 1.165) is 44.3 Å². The molecule has 1 aromatic rings. The zero-order valence-corrected chi connectivity index (χ0v) is 17.3. The van der Waals surface area contributed by atoms with Gasteiger partial charge in [-0.3, -0.25) is 14.5 Å². The number of nitrogens with one attached hydrogen (secondary N) is 1. The van der Waals surface area contributed by atoms with Crippen molar-refractivity contribution in [2.24, 2.45) is 5.92 Å². The molecule has 0 spiro atoms. The Morgan fingerprint density at radius 3 is 2.32 bits per heavy atom. The van der Waals surface area contributed by atoms with Crippen LogP contribution in [0.15, 0.2) is 24.3 Å². The van der Waals surface area contributed by atoms with Crippen LogP contribution in [-0.4, -0.2) is 42.5 Å². The van der Waals surface area contributed by atoms with Gasteiger partial charge in [-0.1, -0.05) is 49.1 Å². The van der Waals surface area contributed by atoms with Gasteiger partial charge in [0.15, 0.2) is 0 Å². The fourth-order valence-corrected chi connectivity index (χ4v) is 4.46. The largest absolute Gasteiger partial charge is 0.466 e. The Kier molecular flexibility index (Phi) is 7.49. The van der Waals surface area contributed by atoms with Crippen LogP contribution in [0.2, 0.25) is 0 Å². The third kappa shape index (κ3) is 5.34. The number of hydrogen-bond acceptors (Lipinski definition) is 4. The number of likely N-dealkylation sites (tertiary alicyclic amines) is 1. The van der Waals surface area contributed by atoms with Gasteiger partial charge in [0.05, 0.1) is 12.5 Å². The van der Waals surface area contributed by atoms with E-state index in [0.29, 0.717) is 12.6 Å². The van der Waals surface area contributed by atoms with Crippen molar-refractivity contribution in [2.45, 2.75) is 70.9 Å². The number of amides is 1. The second-order valence-electron chi connectivity index (χ2n) is 8.22. The van der Waals surface area contributed by atoms with Gasteiger partial charge in [0, 0.05) is 19.1 Å². The van der Waals surface area contributed by atoms with E-state index in [1.807, 2.05) is 6.92 Å². The van der Waals surface area contributed by atoms with Crippen LogP contribution in [0, 0.1) is 12.8 Å². The van der Waals surface area contributed by atoms with E-state index in [-0.39, 0.29) is 23.8 Å². The van der Waals surface area contributed by atoms with E-state index in [4.69, 9.17) is 4.74 Å². The van der Waals surface area contributed by atoms with Gasteiger partial charge in [-0.15, -0.1) is 0 Å². The van der Waals surface area contributed by atoms with Crippen molar-refractivity contribution in [3.63, 3.8) is 0 Å². The molecule has 0 aromatic heterocycles. The summed E-state index contributed by atoms with van der Waals surface area (Å²) in [6, 6.07) is 8.29. The van der Waals surface area contributed by atoms with Gasteiger partial charge in [-0.2, -0.15) is 0 Å². The summed E-state index contributed by atoms with van der Waals surface area (Å²) in [5.41, 5.74) is 2.23. The summed E-state index contributed by atoms with van der Waals surface area (Å²) in [5, 5.41) is 3.31. The van der Waals surface area contributed by atoms with Crippen molar-refractivity contribution in [3.8, 4) is 0 Å². The standard InChI is InChI=1S/C23H34N2O3/c1-3-28-23(27)19-13-15-25(16-14-19)21(18-11-9-17(2)10-12-18)22(26)24-20-7-5-4-6-8-20/h9-12,19-21H,3-8,13-16H2,1-2H3,(H,24,26). The lowest BCUT2D eigenvalue weighted by molar-refractivity contribution is -0.150. The Morgan fingerprint density at radius 1 is 1.07 bits per heavy atom. The number of carbonyl (C=O) groups is 2. The van der Waals surface area contributed by atoms with Crippen LogP contribution >= 0.6 is 0 Å². The predicted octanol–water partition coefficient (Wildman–Crippen LogP) is 3.76. The van der Waals surface area contributed by atoms with Crippen LogP contribution in [0.25, 0.3) is 0 Å². The predicted molar refractivity (Wildman–Crippen MR) is 110 cm³/mol. The molecule has 28 heavy (non-hydrogen) atoms. The highest BCUT2D eigenvalue weighted by Gasteiger charge is 2.34. The molecule has 1 atom stereocenters. The molecule has 1 saturated carbocycles. The monoisotopic (exact) mass is 386 g/mol. The quantitative estimate of drug-likeness (QED) is 0.757. The fraction of sp³-hybridized carbons (Fsp3) is 0.652. The maximum atomic E-state index is 13.3. The summed E-state index contributed by atoms with van der Waals surface area (Å²) in [4.78, 5) is 27.6. The number of benzene rings is 1. The highest BCUT2D eigenvalue weighted by atomic mass is 16.5. The van der Waals surface area contributed by atoms with Gasteiger partial charge in [0.25, 0.3) is 0 Å². The van der Waals surface area contributed by atoms with Crippen molar-refractivity contribution in [1.82, 2.24) is 10.2 Å². The molecule has 5 heteroatoms. The zero-order chi connectivity index (χ0) is 19.9. The average Bonchev–Trinajstić information content (AvgIpc) is 2.71. The molecule has 1 amide bonds. The van der Waals surface area contributed by atoms with Gasteiger partial charge in [-0.05, 0) is 45.1 Å². The molecule has 5 nitrogen and oxygen atoms in total. The maximum Gasteiger partial charge on any atom is 0.309 e. The third-order valence-corrected chi connectivity index (χ3v) is 6.11. The highest BCUT2D eigenvalue weighted by molar-refractivity contribution is 5.83. The number of esters is 1. The van der Waals surface area contributed by atoms with Crippen molar-refractivity contribution in [3.05, 3.63) is 35.4 Å². The number of carbonyl (C=O) groups excluding carboxylic acids is 2. The normalized spacial score (nSPS) is 20.5. The lowest BCUT2D eigenvalue weighted by atomic mass is 9.92. The lowest BCUT2D eigenvalue weighted by Gasteiger charge is -2.37. The second-order valence-corrected chi connectivity index (χ2v) is 8.22. The summed E-state index contributed by atoms with van der Waals surface area (Å²) in [7, 11) is 0. The minimum Gasteiger partial charge on any atom is -0.466 e. The first-order valence-corrected chi connectivity index (χ1v) is 10.9. The number of rotatable bonds is 6. The van der Waals surface area contributed by atoms with Crippen molar-refractivity contribution in [2.75, 3.05) is 19.7 Å². The summed E-state index contributed by atoms with van der Waals surface area (Å²) < 4.78 is 5.19. The second kappa shape index (κ2) is 10.1. The smallest absolute Gasteiger partial charge is 0.309 e. The number of nitrogens with zero attached hydrogens (tertiary/aromatic N) is 1. The Labute approximate surface area is 168 Å². The number of hydrogen-bond donors (Lipinski definition) is 1. The van der Waals surface area contributed by atoms with E-state index in [1.165, 1.54) is 24.8 Å². The molecule has 1 N–H and O–H groups in total. The summed E-state index contributed by atoms with van der Waals surface area (Å²) in [5.74, 6) is -0.0395. The number of piperidine rings is 1. The Balaban J connectivity index is 1.70. The molecular weight excluding hydrogens is 352 g/mol. The molecule has 1 aromatic carbocycles. The molecule has 1 aliphatic carbocycles. The maximum absolute atomic E-state index is 13.3. The van der Waals surface area contributed by atoms with Crippen LogP contribution in [-0.2, 0) is 14.3 Å². The summed E-state index contributed by atoms with van der Waals surface area (Å²) in [6.07, 6.45) is 7.33. The van der Waals surface area contributed by atoms with Crippen molar-refractivity contribution >= 4 is 11.9 Å². The zero-order valence-electron chi connectivity index (χ0n) is 17.3. The fourth-order valence-electron chi connectivity index (χ4n) is 4.46. The summed E-state index contributed by atoms with van der Waals surface area (Å²) in [6.45, 7) is 5.80. The molecule has 1 heterocycles. The Bertz CT molecular complexity index is 644. The van der Waals surface area contributed by atoms with E-state index in [2.05, 4.69) is 41.4 Å². The first-order valence-electron chi connectivity index (χ1n) is 10.9.